The van der Waals surface area contributed by atoms with Crippen LogP contribution in [0, 0.1) is 0 Å². The van der Waals surface area contributed by atoms with Crippen molar-refractivity contribution in [1.82, 2.24) is 10.3 Å². The van der Waals surface area contributed by atoms with E-state index in [2.05, 4.69) is 10.3 Å². The monoisotopic (exact) mass is 365 g/mol. The van der Waals surface area contributed by atoms with Crippen LogP contribution in [0.1, 0.15) is 23.2 Å². The lowest BCUT2D eigenvalue weighted by Crippen LogP contribution is -2.31. The third kappa shape index (κ3) is 3.37. The van der Waals surface area contributed by atoms with Crippen molar-refractivity contribution in [2.75, 3.05) is 13.7 Å². The van der Waals surface area contributed by atoms with Crippen molar-refractivity contribution < 1.29 is 27.8 Å². The van der Waals surface area contributed by atoms with Crippen LogP contribution in [0.3, 0.4) is 0 Å². The van der Waals surface area contributed by atoms with Gasteiger partial charge in [-0.2, -0.15) is 8.78 Å². The second-order valence-electron chi connectivity index (χ2n) is 5.95. The minimum absolute atomic E-state index is 0.0729. The van der Waals surface area contributed by atoms with Crippen LogP contribution in [0.4, 0.5) is 8.78 Å². The predicted molar refractivity (Wildman–Crippen MR) is 88.4 cm³/mol. The van der Waals surface area contributed by atoms with Crippen LogP contribution in [-0.2, 0) is 4.79 Å². The number of methoxy groups -OCH3 is 1. The molecule has 2 heterocycles. The highest BCUT2D eigenvalue weighted by molar-refractivity contribution is 5.99. The first-order valence-corrected chi connectivity index (χ1v) is 7.91. The van der Waals surface area contributed by atoms with Gasteiger partial charge in [-0.1, -0.05) is 12.1 Å². The maximum Gasteiger partial charge on any atom is 0.326 e. The summed E-state index contributed by atoms with van der Waals surface area (Å²) in [5, 5.41) is 2.87. The Morgan fingerprint density at radius 2 is 2.23 bits per heavy atom. The first kappa shape index (κ1) is 17.8. The van der Waals surface area contributed by atoms with Gasteiger partial charge in [0.05, 0.1) is 13.7 Å². The van der Waals surface area contributed by atoms with E-state index in [0.29, 0.717) is 16.7 Å². The second-order valence-corrected chi connectivity index (χ2v) is 5.95. The van der Waals surface area contributed by atoms with E-state index in [1.807, 2.05) is 0 Å². The molecule has 138 valence electrons. The van der Waals surface area contributed by atoms with Gasteiger partial charge in [0.25, 0.3) is 11.8 Å². The van der Waals surface area contributed by atoms with Gasteiger partial charge in [0.15, 0.2) is 0 Å². The Hall–Kier alpha value is -2.97. The molecule has 1 aliphatic rings. The number of alkyl halides is 2. The number of rotatable bonds is 6. The van der Waals surface area contributed by atoms with Crippen molar-refractivity contribution in [3.05, 3.63) is 29.8 Å². The van der Waals surface area contributed by atoms with Crippen molar-refractivity contribution in [2.45, 2.75) is 24.8 Å². The molecule has 9 heteroatoms. The fourth-order valence-electron chi connectivity index (χ4n) is 2.83. The molecule has 1 aromatic carbocycles. The summed E-state index contributed by atoms with van der Waals surface area (Å²) < 4.78 is 37.2. The Morgan fingerprint density at radius 1 is 1.46 bits per heavy atom. The molecule has 3 N–H and O–H groups in total. The van der Waals surface area contributed by atoms with Gasteiger partial charge in [0, 0.05) is 24.3 Å². The molecule has 1 aromatic heterocycles. The van der Waals surface area contributed by atoms with Crippen LogP contribution < -0.4 is 20.5 Å². The predicted octanol–water partition coefficient (Wildman–Crippen LogP) is 1.64. The number of carbonyl (C=O) groups excluding carboxylic acids is 2. The highest BCUT2D eigenvalue weighted by atomic mass is 19.3. The smallest absolute Gasteiger partial charge is 0.326 e. The lowest BCUT2D eigenvalue weighted by Gasteiger charge is -2.13. The Labute approximate surface area is 147 Å². The zero-order valence-corrected chi connectivity index (χ0v) is 13.9. The summed E-state index contributed by atoms with van der Waals surface area (Å²) >= 11 is 0. The fraction of sp³-hybridized carbons (Fsp3) is 0.353. The molecule has 1 atom stereocenters. The standard InChI is InChI=1S/C17H17F2N3O4/c1-25-15-11(14(20)23)7-9-3-2-4-12(13(9)22-15)26-6-5-10-8-17(18,19)16(24)21-10/h2-4,7,10H,5-6,8H2,1H3,(H2,20,23)(H,21,24)/t10-/m1/s1. The summed E-state index contributed by atoms with van der Waals surface area (Å²) in [5.74, 6) is -4.76. The number of carbonyl (C=O) groups is 2. The number of hydrogen-bond acceptors (Lipinski definition) is 5. The van der Waals surface area contributed by atoms with Crippen LogP contribution in [0.15, 0.2) is 24.3 Å². The molecule has 0 radical (unpaired) electrons. The molecule has 0 unspecified atom stereocenters. The molecule has 7 nitrogen and oxygen atoms in total. The average molecular weight is 365 g/mol. The first-order valence-electron chi connectivity index (χ1n) is 7.91. The number of aromatic nitrogens is 1. The average Bonchev–Trinajstić information content (AvgIpc) is 2.85. The minimum atomic E-state index is -3.33. The number of nitrogens with two attached hydrogens (primary N) is 1. The number of pyridine rings is 1. The number of para-hydroxylation sites is 1. The highest BCUT2D eigenvalue weighted by Crippen LogP contribution is 2.30. The van der Waals surface area contributed by atoms with E-state index in [9.17, 15) is 18.4 Å². The molecule has 1 fully saturated rings. The lowest BCUT2D eigenvalue weighted by atomic mass is 10.1. The van der Waals surface area contributed by atoms with Crippen molar-refractivity contribution in [3.8, 4) is 11.6 Å². The van der Waals surface area contributed by atoms with E-state index >= 15 is 0 Å². The molecular weight excluding hydrogens is 348 g/mol. The van der Waals surface area contributed by atoms with E-state index < -0.39 is 30.2 Å². The summed E-state index contributed by atoms with van der Waals surface area (Å²) in [6.07, 6.45) is -0.313. The maximum absolute atomic E-state index is 13.2. The third-order valence-electron chi connectivity index (χ3n) is 4.13. The van der Waals surface area contributed by atoms with E-state index in [4.69, 9.17) is 15.2 Å². The largest absolute Gasteiger partial charge is 0.491 e. The van der Waals surface area contributed by atoms with Gasteiger partial charge in [-0.05, 0) is 12.1 Å². The van der Waals surface area contributed by atoms with Crippen molar-refractivity contribution in [2.24, 2.45) is 5.73 Å². The van der Waals surface area contributed by atoms with Gasteiger partial charge in [0.1, 0.15) is 16.8 Å². The van der Waals surface area contributed by atoms with Gasteiger partial charge < -0.3 is 20.5 Å². The van der Waals surface area contributed by atoms with Crippen LogP contribution >= 0.6 is 0 Å². The van der Waals surface area contributed by atoms with Crippen LogP contribution in [-0.4, -0.2) is 42.5 Å². The lowest BCUT2D eigenvalue weighted by molar-refractivity contribution is -0.139. The van der Waals surface area contributed by atoms with Gasteiger partial charge in [-0.3, -0.25) is 9.59 Å². The molecule has 2 amide bonds. The summed E-state index contributed by atoms with van der Waals surface area (Å²) in [7, 11) is 1.37. The topological polar surface area (TPSA) is 104 Å². The van der Waals surface area contributed by atoms with E-state index in [-0.39, 0.29) is 24.5 Å². The summed E-state index contributed by atoms with van der Waals surface area (Å²) in [4.78, 5) is 26.9. The molecule has 1 saturated heterocycles. The minimum Gasteiger partial charge on any atom is -0.491 e. The third-order valence-corrected chi connectivity index (χ3v) is 4.13. The zero-order chi connectivity index (χ0) is 18.9. The molecule has 26 heavy (non-hydrogen) atoms. The first-order chi connectivity index (χ1) is 12.3. The van der Waals surface area contributed by atoms with Gasteiger partial charge >= 0.3 is 5.92 Å². The number of nitrogens with one attached hydrogen (secondary N) is 1. The molecule has 2 aromatic rings. The van der Waals surface area contributed by atoms with E-state index in [0.717, 1.165) is 0 Å². The zero-order valence-electron chi connectivity index (χ0n) is 13.9. The summed E-state index contributed by atoms with van der Waals surface area (Å²) in [6, 6.07) is 6.02. The second kappa shape index (κ2) is 6.74. The molecule has 0 bridgehead atoms. The molecule has 0 spiro atoms. The number of ether oxygens (including phenoxy) is 2. The summed E-state index contributed by atoms with van der Waals surface area (Å²) in [6.45, 7) is 0.113. The van der Waals surface area contributed by atoms with Crippen molar-refractivity contribution in [1.29, 1.82) is 0 Å². The number of halogens is 2. The number of hydrogen-bond donors (Lipinski definition) is 2. The number of fused-ring (bicyclic) bond motifs is 1. The summed E-state index contributed by atoms with van der Waals surface area (Å²) in [5.41, 5.74) is 5.92. The van der Waals surface area contributed by atoms with Gasteiger partial charge in [-0.25, -0.2) is 4.98 Å². The molecule has 1 aliphatic heterocycles. The van der Waals surface area contributed by atoms with Gasteiger partial charge in [0.2, 0.25) is 5.88 Å². The fourth-order valence-corrected chi connectivity index (χ4v) is 2.83. The molecule has 3 rings (SSSR count). The van der Waals surface area contributed by atoms with E-state index in [1.54, 1.807) is 24.3 Å². The molecule has 0 saturated carbocycles. The number of amides is 2. The van der Waals surface area contributed by atoms with Crippen LogP contribution in [0.5, 0.6) is 11.6 Å². The molecule has 0 aliphatic carbocycles. The van der Waals surface area contributed by atoms with E-state index in [1.165, 1.54) is 7.11 Å². The Morgan fingerprint density at radius 3 is 2.85 bits per heavy atom. The SMILES string of the molecule is COc1nc2c(OCC[C@@H]3CC(F)(F)C(=O)N3)cccc2cc1C(N)=O. The number of nitrogens with zero attached hydrogens (tertiary/aromatic N) is 1. The Bertz CT molecular complexity index is 872. The van der Waals surface area contributed by atoms with Crippen molar-refractivity contribution >= 4 is 22.7 Å². The maximum atomic E-state index is 13.2. The Kier molecular flexibility index (Phi) is 4.62. The number of primary amides is 1. The quantitative estimate of drug-likeness (QED) is 0.810. The van der Waals surface area contributed by atoms with Gasteiger partial charge in [-0.15, -0.1) is 0 Å². The molecular formula is C17H17F2N3O4. The van der Waals surface area contributed by atoms with Crippen molar-refractivity contribution in [3.63, 3.8) is 0 Å². The number of benzene rings is 1. The normalized spacial score (nSPS) is 18.6. The Balaban J connectivity index is 1.76. The van der Waals surface area contributed by atoms with Crippen LogP contribution in [0.25, 0.3) is 10.9 Å². The van der Waals surface area contributed by atoms with Crippen LogP contribution in [0.2, 0.25) is 0 Å². The highest BCUT2D eigenvalue weighted by Gasteiger charge is 2.47.